The lowest BCUT2D eigenvalue weighted by atomic mass is 9.71. The van der Waals surface area contributed by atoms with Gasteiger partial charge in [0.15, 0.2) is 0 Å². The van der Waals surface area contributed by atoms with Crippen LogP contribution in [0.5, 0.6) is 0 Å². The average Bonchev–Trinajstić information content (AvgIpc) is 2.59. The van der Waals surface area contributed by atoms with Crippen LogP contribution in [0.25, 0.3) is 0 Å². The van der Waals surface area contributed by atoms with E-state index in [2.05, 4.69) is 40.1 Å². The first-order valence-corrected chi connectivity index (χ1v) is 7.87. The zero-order valence-corrected chi connectivity index (χ0v) is 12.8. The first-order chi connectivity index (χ1) is 8.54. The molecule has 5 atom stereocenters. The fourth-order valence-electron chi connectivity index (χ4n) is 4.30. The molecule has 1 heterocycles. The maximum absolute atomic E-state index is 6.04. The predicted molar refractivity (Wildman–Crippen MR) is 76.6 cm³/mol. The van der Waals surface area contributed by atoms with Crippen LogP contribution in [0.4, 0.5) is 0 Å². The van der Waals surface area contributed by atoms with Crippen molar-refractivity contribution in [2.45, 2.75) is 71.6 Å². The minimum absolute atomic E-state index is 0.409. The molecular formula is C16H31NO. The Morgan fingerprint density at radius 1 is 0.944 bits per heavy atom. The molecular weight excluding hydrogens is 222 g/mol. The molecule has 2 heteroatoms. The average molecular weight is 253 g/mol. The molecule has 2 nitrogen and oxygen atoms in total. The minimum Gasteiger partial charge on any atom is -0.375 e. The van der Waals surface area contributed by atoms with Gasteiger partial charge in [0.05, 0.1) is 12.2 Å². The second-order valence-electron chi connectivity index (χ2n) is 6.82. The summed E-state index contributed by atoms with van der Waals surface area (Å²) in [5.41, 5.74) is 0. The van der Waals surface area contributed by atoms with Crippen molar-refractivity contribution < 1.29 is 4.74 Å². The summed E-state index contributed by atoms with van der Waals surface area (Å²) < 4.78 is 6.04. The Bertz CT molecular complexity index is 260. The van der Waals surface area contributed by atoms with Crippen LogP contribution in [0.15, 0.2) is 0 Å². The molecule has 1 N–H and O–H groups in total. The third-order valence-corrected chi connectivity index (χ3v) is 5.64. The quantitative estimate of drug-likeness (QED) is 0.831. The van der Waals surface area contributed by atoms with E-state index < -0.39 is 0 Å². The zero-order valence-electron chi connectivity index (χ0n) is 12.8. The van der Waals surface area contributed by atoms with Gasteiger partial charge in [0.1, 0.15) is 0 Å². The third kappa shape index (κ3) is 2.75. The van der Waals surface area contributed by atoms with Gasteiger partial charge in [-0.3, -0.25) is 0 Å². The lowest BCUT2D eigenvalue weighted by molar-refractivity contribution is 0.0427. The second kappa shape index (κ2) is 5.92. The van der Waals surface area contributed by atoms with Crippen molar-refractivity contribution in [3.8, 4) is 0 Å². The van der Waals surface area contributed by atoms with E-state index in [4.69, 9.17) is 4.74 Å². The highest BCUT2D eigenvalue weighted by Gasteiger charge is 2.43. The van der Waals surface area contributed by atoms with E-state index in [1.54, 1.807) is 0 Å². The van der Waals surface area contributed by atoms with Crippen molar-refractivity contribution in [1.82, 2.24) is 5.32 Å². The molecule has 2 fully saturated rings. The summed E-state index contributed by atoms with van der Waals surface area (Å²) in [5.74, 6) is 3.16. The number of ether oxygens (including phenoxy) is 1. The highest BCUT2D eigenvalue weighted by Crippen LogP contribution is 2.40. The van der Waals surface area contributed by atoms with E-state index in [1.165, 1.54) is 25.7 Å². The first-order valence-electron chi connectivity index (χ1n) is 7.87. The molecule has 0 amide bonds. The molecule has 0 radical (unpaired) electrons. The number of hydrogen-bond donors (Lipinski definition) is 1. The molecule has 0 aromatic carbocycles. The van der Waals surface area contributed by atoms with Gasteiger partial charge in [-0.15, -0.1) is 0 Å². The van der Waals surface area contributed by atoms with Gasteiger partial charge in [-0.25, -0.2) is 0 Å². The lowest BCUT2D eigenvalue weighted by Crippen LogP contribution is -2.46. The molecule has 5 unspecified atom stereocenters. The van der Waals surface area contributed by atoms with Gasteiger partial charge < -0.3 is 10.1 Å². The van der Waals surface area contributed by atoms with Crippen LogP contribution in [0.3, 0.4) is 0 Å². The molecule has 106 valence electrons. The van der Waals surface area contributed by atoms with Crippen LogP contribution in [0.2, 0.25) is 0 Å². The van der Waals surface area contributed by atoms with Crippen LogP contribution < -0.4 is 5.32 Å². The van der Waals surface area contributed by atoms with E-state index in [0.717, 1.165) is 11.8 Å². The number of nitrogens with one attached hydrogen (secondary N) is 1. The van der Waals surface area contributed by atoms with Crippen molar-refractivity contribution in [3.05, 3.63) is 0 Å². The molecule has 0 aromatic rings. The predicted octanol–water partition coefficient (Wildman–Crippen LogP) is 3.46. The van der Waals surface area contributed by atoms with E-state index in [0.29, 0.717) is 30.1 Å². The molecule has 0 aromatic heterocycles. The Morgan fingerprint density at radius 2 is 1.56 bits per heavy atom. The van der Waals surface area contributed by atoms with Crippen LogP contribution >= 0.6 is 0 Å². The Morgan fingerprint density at radius 3 is 2.00 bits per heavy atom. The van der Waals surface area contributed by atoms with Crippen molar-refractivity contribution in [1.29, 1.82) is 0 Å². The highest BCUT2D eigenvalue weighted by molar-refractivity contribution is 4.95. The molecule has 2 aliphatic rings. The molecule has 18 heavy (non-hydrogen) atoms. The van der Waals surface area contributed by atoms with Crippen LogP contribution in [0, 0.1) is 23.7 Å². The molecule has 1 saturated heterocycles. The van der Waals surface area contributed by atoms with Gasteiger partial charge >= 0.3 is 0 Å². The van der Waals surface area contributed by atoms with E-state index in [-0.39, 0.29) is 0 Å². The number of hydrogen-bond acceptors (Lipinski definition) is 2. The van der Waals surface area contributed by atoms with Gasteiger partial charge in [-0.2, -0.15) is 0 Å². The zero-order chi connectivity index (χ0) is 13.3. The van der Waals surface area contributed by atoms with E-state index in [1.807, 2.05) is 0 Å². The summed E-state index contributed by atoms with van der Waals surface area (Å²) in [7, 11) is 2.14. The molecule has 1 aliphatic carbocycles. The van der Waals surface area contributed by atoms with Gasteiger partial charge in [0.2, 0.25) is 0 Å². The summed E-state index contributed by atoms with van der Waals surface area (Å²) in [5, 5.41) is 3.63. The Hall–Kier alpha value is -0.0800. The Kier molecular flexibility index (Phi) is 4.71. The Balaban J connectivity index is 2.04. The summed E-state index contributed by atoms with van der Waals surface area (Å²) in [6.45, 7) is 9.27. The summed E-state index contributed by atoms with van der Waals surface area (Å²) in [4.78, 5) is 0. The lowest BCUT2D eigenvalue weighted by Gasteiger charge is -2.38. The fourth-order valence-corrected chi connectivity index (χ4v) is 4.30. The van der Waals surface area contributed by atoms with Crippen LogP contribution in [-0.4, -0.2) is 25.3 Å². The van der Waals surface area contributed by atoms with Crippen molar-refractivity contribution >= 4 is 0 Å². The third-order valence-electron chi connectivity index (χ3n) is 5.64. The molecule has 1 aliphatic heterocycles. The van der Waals surface area contributed by atoms with Crippen LogP contribution in [0.1, 0.15) is 53.4 Å². The maximum atomic E-state index is 6.04. The number of rotatable bonds is 3. The fraction of sp³-hybridized carbons (Fsp3) is 1.00. The molecule has 2 rings (SSSR count). The standard InChI is InChI=1S/C16H31NO/c1-10-6-8-14(9-7-10)16(17-5)15-11(2)12(3)18-13(15)4/h10-17H,6-9H2,1-5H3. The van der Waals surface area contributed by atoms with Crippen molar-refractivity contribution in [2.75, 3.05) is 7.05 Å². The largest absolute Gasteiger partial charge is 0.375 e. The second-order valence-corrected chi connectivity index (χ2v) is 6.82. The normalized spacial score (nSPS) is 47.2. The van der Waals surface area contributed by atoms with Gasteiger partial charge in [-0.05, 0) is 51.5 Å². The summed E-state index contributed by atoms with van der Waals surface area (Å²) in [6.07, 6.45) is 6.45. The monoisotopic (exact) mass is 253 g/mol. The highest BCUT2D eigenvalue weighted by atomic mass is 16.5. The van der Waals surface area contributed by atoms with E-state index >= 15 is 0 Å². The van der Waals surface area contributed by atoms with Gasteiger partial charge in [0, 0.05) is 12.0 Å². The maximum Gasteiger partial charge on any atom is 0.0597 e. The molecule has 1 saturated carbocycles. The van der Waals surface area contributed by atoms with Gasteiger partial charge in [0.25, 0.3) is 0 Å². The van der Waals surface area contributed by atoms with Gasteiger partial charge in [-0.1, -0.05) is 26.7 Å². The van der Waals surface area contributed by atoms with E-state index in [9.17, 15) is 0 Å². The Labute approximate surface area is 113 Å². The molecule has 0 spiro atoms. The minimum atomic E-state index is 0.409. The first kappa shape index (κ1) is 14.3. The smallest absolute Gasteiger partial charge is 0.0597 e. The summed E-state index contributed by atoms with van der Waals surface area (Å²) >= 11 is 0. The topological polar surface area (TPSA) is 21.3 Å². The van der Waals surface area contributed by atoms with Crippen molar-refractivity contribution in [2.24, 2.45) is 23.7 Å². The SMILES string of the molecule is CNC(C1CCC(C)CC1)C1C(C)OC(C)C1C. The van der Waals surface area contributed by atoms with Crippen molar-refractivity contribution in [3.63, 3.8) is 0 Å². The molecule has 0 bridgehead atoms. The van der Waals surface area contributed by atoms with Crippen LogP contribution in [-0.2, 0) is 4.74 Å². The summed E-state index contributed by atoms with van der Waals surface area (Å²) in [6, 6.07) is 0.646.